The zero-order valence-electron chi connectivity index (χ0n) is 8.51. The molecule has 0 fully saturated rings. The molecule has 1 aromatic carbocycles. The summed E-state index contributed by atoms with van der Waals surface area (Å²) in [4.78, 5) is 21.2. The largest absolute Gasteiger partial charge is 0.481 e. The number of urea groups is 1. The molecule has 1 unspecified atom stereocenters. The van der Waals surface area contributed by atoms with Crippen molar-refractivity contribution in [3.05, 3.63) is 29.8 Å². The lowest BCUT2D eigenvalue weighted by molar-refractivity contribution is -0.137. The van der Waals surface area contributed by atoms with Gasteiger partial charge in [-0.2, -0.15) is 0 Å². The Morgan fingerprint density at radius 2 is 2.00 bits per heavy atom. The van der Waals surface area contributed by atoms with Gasteiger partial charge in [-0.1, -0.05) is 18.2 Å². The van der Waals surface area contributed by atoms with Gasteiger partial charge in [-0.3, -0.25) is 4.79 Å². The highest BCUT2D eigenvalue weighted by atomic mass is 16.4. The average Bonchev–Trinajstić information content (AvgIpc) is 2.16. The molecule has 1 rings (SSSR count). The van der Waals surface area contributed by atoms with Gasteiger partial charge < -0.3 is 21.9 Å². The van der Waals surface area contributed by atoms with Gasteiger partial charge in [0.25, 0.3) is 0 Å². The summed E-state index contributed by atoms with van der Waals surface area (Å²) in [5.74, 6) is -0.999. The minimum Gasteiger partial charge on any atom is -0.481 e. The molecule has 0 spiro atoms. The molecule has 0 saturated carbocycles. The third-order valence-electron chi connectivity index (χ3n) is 2.01. The number of para-hydroxylation sites is 1. The highest BCUT2D eigenvalue weighted by Gasteiger charge is 2.14. The summed E-state index contributed by atoms with van der Waals surface area (Å²) in [6, 6.07) is 5.28. The number of anilines is 1. The van der Waals surface area contributed by atoms with E-state index in [0.29, 0.717) is 11.3 Å². The number of amides is 2. The number of hydrogen-bond donors (Lipinski definition) is 4. The molecular formula is C10H13N3O3. The number of carboxylic acid groups (broad SMARTS) is 1. The van der Waals surface area contributed by atoms with Crippen molar-refractivity contribution in [2.75, 3.05) is 5.32 Å². The van der Waals surface area contributed by atoms with Gasteiger partial charge in [0.05, 0.1) is 6.42 Å². The van der Waals surface area contributed by atoms with Crippen LogP contribution in [0.1, 0.15) is 18.0 Å². The summed E-state index contributed by atoms with van der Waals surface area (Å²) in [6.45, 7) is 0. The van der Waals surface area contributed by atoms with Crippen LogP contribution in [0.15, 0.2) is 24.3 Å². The zero-order chi connectivity index (χ0) is 12.1. The lowest BCUT2D eigenvalue weighted by Gasteiger charge is -2.14. The van der Waals surface area contributed by atoms with Crippen LogP contribution in [-0.2, 0) is 4.79 Å². The van der Waals surface area contributed by atoms with Gasteiger partial charge in [0, 0.05) is 11.7 Å². The smallest absolute Gasteiger partial charge is 0.316 e. The molecule has 0 saturated heterocycles. The fourth-order valence-electron chi connectivity index (χ4n) is 1.36. The molecule has 0 aromatic heterocycles. The fourth-order valence-corrected chi connectivity index (χ4v) is 1.36. The first-order valence-electron chi connectivity index (χ1n) is 4.63. The molecule has 16 heavy (non-hydrogen) atoms. The van der Waals surface area contributed by atoms with E-state index in [1.54, 1.807) is 24.3 Å². The highest BCUT2D eigenvalue weighted by molar-refractivity contribution is 5.88. The van der Waals surface area contributed by atoms with Crippen LogP contribution in [0.2, 0.25) is 0 Å². The van der Waals surface area contributed by atoms with Gasteiger partial charge in [0.1, 0.15) is 0 Å². The van der Waals surface area contributed by atoms with Gasteiger partial charge in [0.15, 0.2) is 0 Å². The van der Waals surface area contributed by atoms with Crippen molar-refractivity contribution in [3.63, 3.8) is 0 Å². The number of primary amides is 1. The number of aliphatic carboxylic acids is 1. The van der Waals surface area contributed by atoms with E-state index in [1.807, 2.05) is 0 Å². The molecule has 1 atom stereocenters. The minimum atomic E-state index is -0.999. The van der Waals surface area contributed by atoms with Crippen LogP contribution >= 0.6 is 0 Å². The maximum absolute atomic E-state index is 10.7. The van der Waals surface area contributed by atoms with Crippen LogP contribution in [0, 0.1) is 0 Å². The topological polar surface area (TPSA) is 118 Å². The Morgan fingerprint density at radius 1 is 1.38 bits per heavy atom. The van der Waals surface area contributed by atoms with Crippen molar-refractivity contribution >= 4 is 17.7 Å². The van der Waals surface area contributed by atoms with Crippen molar-refractivity contribution in [2.45, 2.75) is 12.5 Å². The van der Waals surface area contributed by atoms with E-state index in [-0.39, 0.29) is 6.42 Å². The molecule has 6 heteroatoms. The minimum absolute atomic E-state index is 0.211. The quantitative estimate of drug-likeness (QED) is 0.599. The lowest BCUT2D eigenvalue weighted by Crippen LogP contribution is -2.22. The van der Waals surface area contributed by atoms with Crippen molar-refractivity contribution in [2.24, 2.45) is 11.5 Å². The molecule has 0 aliphatic heterocycles. The number of nitrogens with two attached hydrogens (primary N) is 2. The molecule has 0 heterocycles. The highest BCUT2D eigenvalue weighted by Crippen LogP contribution is 2.23. The maximum Gasteiger partial charge on any atom is 0.316 e. The molecule has 6 nitrogen and oxygen atoms in total. The summed E-state index contributed by atoms with van der Waals surface area (Å²) in [7, 11) is 0. The Bertz CT molecular complexity index is 406. The molecule has 1 aromatic rings. The molecule has 0 aliphatic rings. The Hall–Kier alpha value is -2.08. The van der Waals surface area contributed by atoms with E-state index in [4.69, 9.17) is 16.6 Å². The first-order valence-corrected chi connectivity index (χ1v) is 4.63. The Morgan fingerprint density at radius 3 is 2.56 bits per heavy atom. The van der Waals surface area contributed by atoms with Crippen LogP contribution < -0.4 is 16.8 Å². The van der Waals surface area contributed by atoms with E-state index in [2.05, 4.69) is 5.32 Å². The Balaban J connectivity index is 2.93. The van der Waals surface area contributed by atoms with E-state index < -0.39 is 18.0 Å². The van der Waals surface area contributed by atoms with E-state index in [9.17, 15) is 9.59 Å². The zero-order valence-corrected chi connectivity index (χ0v) is 8.51. The number of carbonyl (C=O) groups is 2. The lowest BCUT2D eigenvalue weighted by atomic mass is 10.0. The molecule has 0 radical (unpaired) electrons. The second-order valence-corrected chi connectivity index (χ2v) is 3.28. The number of carbonyl (C=O) groups excluding carboxylic acids is 1. The predicted octanol–water partition coefficient (Wildman–Crippen LogP) is 0.652. The summed E-state index contributed by atoms with van der Waals surface area (Å²) < 4.78 is 0. The second-order valence-electron chi connectivity index (χ2n) is 3.28. The van der Waals surface area contributed by atoms with Crippen LogP contribution in [0.3, 0.4) is 0 Å². The Kier molecular flexibility index (Phi) is 3.84. The number of rotatable bonds is 4. The standard InChI is InChI=1S/C10H13N3O3/c11-7(5-9(14)15)6-3-1-2-4-8(6)13-10(12)16/h1-4,7H,5,11H2,(H,14,15)(H3,12,13,16). The molecule has 0 aliphatic carbocycles. The van der Waals surface area contributed by atoms with E-state index >= 15 is 0 Å². The molecule has 2 amide bonds. The number of nitrogens with one attached hydrogen (secondary N) is 1. The van der Waals surface area contributed by atoms with Crippen molar-refractivity contribution in [1.82, 2.24) is 0 Å². The Labute approximate surface area is 92.2 Å². The summed E-state index contributed by atoms with van der Waals surface area (Å²) in [6.07, 6.45) is -0.211. The fraction of sp³-hybridized carbons (Fsp3) is 0.200. The van der Waals surface area contributed by atoms with E-state index in [1.165, 1.54) is 0 Å². The first-order chi connectivity index (χ1) is 7.50. The van der Waals surface area contributed by atoms with Crippen LogP contribution in [0.5, 0.6) is 0 Å². The van der Waals surface area contributed by atoms with Gasteiger partial charge in [-0.25, -0.2) is 4.79 Å². The van der Waals surface area contributed by atoms with Crippen molar-refractivity contribution < 1.29 is 14.7 Å². The van der Waals surface area contributed by atoms with Gasteiger partial charge in [-0.05, 0) is 11.6 Å². The number of benzene rings is 1. The first kappa shape index (κ1) is 12.0. The van der Waals surface area contributed by atoms with Crippen molar-refractivity contribution in [1.29, 1.82) is 0 Å². The molecule has 6 N–H and O–H groups in total. The summed E-state index contributed by atoms with van der Waals surface area (Å²) in [5.41, 5.74) is 11.7. The molecular weight excluding hydrogens is 210 g/mol. The average molecular weight is 223 g/mol. The third-order valence-corrected chi connectivity index (χ3v) is 2.01. The SMILES string of the molecule is NC(=O)Nc1ccccc1C(N)CC(=O)O. The van der Waals surface area contributed by atoms with Gasteiger partial charge in [0.2, 0.25) is 0 Å². The second kappa shape index (κ2) is 5.13. The summed E-state index contributed by atoms with van der Waals surface area (Å²) in [5, 5.41) is 11.0. The normalized spacial score (nSPS) is 11.8. The van der Waals surface area contributed by atoms with Crippen LogP contribution in [0.25, 0.3) is 0 Å². The maximum atomic E-state index is 10.7. The van der Waals surface area contributed by atoms with Crippen LogP contribution in [0.4, 0.5) is 10.5 Å². The van der Waals surface area contributed by atoms with Gasteiger partial charge >= 0.3 is 12.0 Å². The monoisotopic (exact) mass is 223 g/mol. The van der Waals surface area contributed by atoms with Crippen molar-refractivity contribution in [3.8, 4) is 0 Å². The van der Waals surface area contributed by atoms with E-state index in [0.717, 1.165) is 0 Å². The number of carboxylic acids is 1. The van der Waals surface area contributed by atoms with Crippen LogP contribution in [-0.4, -0.2) is 17.1 Å². The molecule has 86 valence electrons. The summed E-state index contributed by atoms with van der Waals surface area (Å²) >= 11 is 0. The van der Waals surface area contributed by atoms with Gasteiger partial charge in [-0.15, -0.1) is 0 Å². The predicted molar refractivity (Wildman–Crippen MR) is 58.8 cm³/mol. The number of hydrogen-bond acceptors (Lipinski definition) is 3. The third kappa shape index (κ3) is 3.25. The molecule has 0 bridgehead atoms.